The third-order valence-electron chi connectivity index (χ3n) is 3.56. The Labute approximate surface area is 124 Å². The Morgan fingerprint density at radius 3 is 2.76 bits per heavy atom. The Kier molecular flexibility index (Phi) is 5.14. The number of carbonyl (C=O) groups excluding carboxylic acids is 1. The van der Waals surface area contributed by atoms with E-state index in [2.05, 4.69) is 10.6 Å². The Morgan fingerprint density at radius 2 is 2.14 bits per heavy atom. The number of benzene rings is 1. The van der Waals surface area contributed by atoms with Crippen molar-refractivity contribution in [2.45, 2.75) is 32.6 Å². The van der Waals surface area contributed by atoms with Crippen LogP contribution in [0.3, 0.4) is 0 Å². The molecular formula is C15H21N3O3. The van der Waals surface area contributed by atoms with E-state index in [1.807, 2.05) is 6.92 Å². The number of nitro benzene ring substituents is 1. The van der Waals surface area contributed by atoms with Crippen LogP contribution in [-0.4, -0.2) is 23.9 Å². The van der Waals surface area contributed by atoms with Gasteiger partial charge in [0.1, 0.15) is 5.69 Å². The van der Waals surface area contributed by atoms with E-state index < -0.39 is 4.92 Å². The average molecular weight is 291 g/mol. The third-order valence-corrected chi connectivity index (χ3v) is 3.56. The van der Waals surface area contributed by atoms with Gasteiger partial charge in [0.25, 0.3) is 11.6 Å². The zero-order valence-corrected chi connectivity index (χ0v) is 12.2. The van der Waals surface area contributed by atoms with Gasteiger partial charge in [0.2, 0.25) is 0 Å². The van der Waals surface area contributed by atoms with Crippen molar-refractivity contribution in [3.05, 3.63) is 33.9 Å². The molecule has 114 valence electrons. The highest BCUT2D eigenvalue weighted by Gasteiger charge is 2.21. The maximum atomic E-state index is 12.0. The molecule has 2 N–H and O–H groups in total. The summed E-state index contributed by atoms with van der Waals surface area (Å²) in [6, 6.07) is 4.44. The molecule has 21 heavy (non-hydrogen) atoms. The summed E-state index contributed by atoms with van der Waals surface area (Å²) in [5.74, 6) is 0.592. The van der Waals surface area contributed by atoms with Gasteiger partial charge < -0.3 is 10.6 Å². The van der Waals surface area contributed by atoms with Gasteiger partial charge in [-0.15, -0.1) is 0 Å². The number of nitrogens with one attached hydrogen (secondary N) is 2. The molecule has 0 atom stereocenters. The van der Waals surface area contributed by atoms with Crippen LogP contribution in [0.25, 0.3) is 0 Å². The molecule has 2 rings (SSSR count). The number of amides is 1. The van der Waals surface area contributed by atoms with Crippen molar-refractivity contribution in [3.8, 4) is 0 Å². The summed E-state index contributed by atoms with van der Waals surface area (Å²) in [5, 5.41) is 16.9. The van der Waals surface area contributed by atoms with Crippen molar-refractivity contribution in [3.63, 3.8) is 0 Å². The minimum absolute atomic E-state index is 0.00187. The lowest BCUT2D eigenvalue weighted by atomic mass is 10.1. The number of nitro groups is 1. The van der Waals surface area contributed by atoms with Crippen molar-refractivity contribution in [1.29, 1.82) is 0 Å². The van der Waals surface area contributed by atoms with Crippen molar-refractivity contribution in [2.75, 3.05) is 18.4 Å². The van der Waals surface area contributed by atoms with Crippen LogP contribution in [0, 0.1) is 16.0 Å². The highest BCUT2D eigenvalue weighted by atomic mass is 16.6. The van der Waals surface area contributed by atoms with E-state index in [1.54, 1.807) is 6.07 Å². The third kappa shape index (κ3) is 4.44. The minimum atomic E-state index is -0.438. The van der Waals surface area contributed by atoms with Gasteiger partial charge in [0.05, 0.1) is 4.92 Å². The molecule has 1 aromatic rings. The lowest BCUT2D eigenvalue weighted by Gasteiger charge is -2.09. The topological polar surface area (TPSA) is 84.3 Å². The molecule has 0 unspecified atom stereocenters. The van der Waals surface area contributed by atoms with E-state index in [4.69, 9.17) is 0 Å². The first-order chi connectivity index (χ1) is 10.1. The second-order valence-corrected chi connectivity index (χ2v) is 5.40. The molecule has 0 saturated heterocycles. The fourth-order valence-corrected chi connectivity index (χ4v) is 2.14. The summed E-state index contributed by atoms with van der Waals surface area (Å²) in [7, 11) is 0. The highest BCUT2D eigenvalue weighted by molar-refractivity contribution is 5.95. The molecule has 0 aromatic heterocycles. The smallest absolute Gasteiger partial charge is 0.292 e. The summed E-state index contributed by atoms with van der Waals surface area (Å²) < 4.78 is 0. The van der Waals surface area contributed by atoms with Crippen LogP contribution in [0.5, 0.6) is 0 Å². The van der Waals surface area contributed by atoms with Crippen LogP contribution in [0.15, 0.2) is 18.2 Å². The van der Waals surface area contributed by atoms with E-state index in [0.717, 1.165) is 18.8 Å². The summed E-state index contributed by atoms with van der Waals surface area (Å²) in [6.45, 7) is 3.28. The van der Waals surface area contributed by atoms with Gasteiger partial charge >= 0.3 is 0 Å². The molecule has 6 heteroatoms. The summed E-state index contributed by atoms with van der Waals surface area (Å²) >= 11 is 0. The Hall–Kier alpha value is -2.11. The van der Waals surface area contributed by atoms with Gasteiger partial charge in [-0.3, -0.25) is 14.9 Å². The van der Waals surface area contributed by atoms with Crippen LogP contribution in [0.2, 0.25) is 0 Å². The van der Waals surface area contributed by atoms with Crippen LogP contribution in [-0.2, 0) is 0 Å². The molecule has 1 amide bonds. The lowest BCUT2D eigenvalue weighted by molar-refractivity contribution is -0.384. The maximum Gasteiger partial charge on any atom is 0.292 e. The molecule has 0 bridgehead atoms. The van der Waals surface area contributed by atoms with Gasteiger partial charge in [-0.05, 0) is 30.9 Å². The van der Waals surface area contributed by atoms with Crippen LogP contribution in [0.1, 0.15) is 43.0 Å². The normalized spacial score (nSPS) is 13.8. The first-order valence-electron chi connectivity index (χ1n) is 7.42. The molecule has 0 radical (unpaired) electrons. The molecule has 1 saturated carbocycles. The van der Waals surface area contributed by atoms with Crippen LogP contribution >= 0.6 is 0 Å². The first-order valence-corrected chi connectivity index (χ1v) is 7.42. The molecule has 1 aliphatic carbocycles. The zero-order chi connectivity index (χ0) is 15.2. The summed E-state index contributed by atoms with van der Waals surface area (Å²) in [5.41, 5.74) is 0.852. The van der Waals surface area contributed by atoms with E-state index >= 15 is 0 Å². The summed E-state index contributed by atoms with van der Waals surface area (Å²) in [4.78, 5) is 22.6. The van der Waals surface area contributed by atoms with E-state index in [-0.39, 0.29) is 11.6 Å². The SMILES string of the molecule is CCCNc1cc(C(=O)NCCC2CC2)ccc1[N+](=O)[O-]. The van der Waals surface area contributed by atoms with Crippen molar-refractivity contribution >= 4 is 17.3 Å². The predicted molar refractivity (Wildman–Crippen MR) is 81.6 cm³/mol. The van der Waals surface area contributed by atoms with E-state index in [1.165, 1.54) is 25.0 Å². The number of rotatable bonds is 8. The molecule has 1 aliphatic rings. The van der Waals surface area contributed by atoms with Gasteiger partial charge in [-0.1, -0.05) is 19.8 Å². The summed E-state index contributed by atoms with van der Waals surface area (Å²) in [6.07, 6.45) is 4.39. The number of hydrogen-bond acceptors (Lipinski definition) is 4. The van der Waals surface area contributed by atoms with Gasteiger partial charge in [-0.2, -0.15) is 0 Å². The monoisotopic (exact) mass is 291 g/mol. The fraction of sp³-hybridized carbons (Fsp3) is 0.533. The van der Waals surface area contributed by atoms with Crippen LogP contribution in [0.4, 0.5) is 11.4 Å². The largest absolute Gasteiger partial charge is 0.379 e. The molecule has 6 nitrogen and oxygen atoms in total. The highest BCUT2D eigenvalue weighted by Crippen LogP contribution is 2.31. The van der Waals surface area contributed by atoms with Gasteiger partial charge in [-0.25, -0.2) is 0 Å². The minimum Gasteiger partial charge on any atom is -0.379 e. The van der Waals surface area contributed by atoms with Crippen LogP contribution < -0.4 is 10.6 Å². The van der Waals surface area contributed by atoms with E-state index in [0.29, 0.717) is 24.3 Å². The molecule has 0 aliphatic heterocycles. The maximum absolute atomic E-state index is 12.0. The number of nitrogens with zero attached hydrogens (tertiary/aromatic N) is 1. The number of carbonyl (C=O) groups is 1. The fourth-order valence-electron chi connectivity index (χ4n) is 2.14. The average Bonchev–Trinajstić information content (AvgIpc) is 3.28. The van der Waals surface area contributed by atoms with Gasteiger partial charge in [0.15, 0.2) is 0 Å². The van der Waals surface area contributed by atoms with Gasteiger partial charge in [0, 0.05) is 24.7 Å². The standard InChI is InChI=1S/C15H21N3O3/c1-2-8-16-13-10-12(5-6-14(13)18(20)21)15(19)17-9-7-11-3-4-11/h5-6,10-11,16H,2-4,7-9H2,1H3,(H,17,19). The molecular weight excluding hydrogens is 270 g/mol. The molecule has 0 spiro atoms. The first kappa shape index (κ1) is 15.3. The molecule has 1 fully saturated rings. The Morgan fingerprint density at radius 1 is 1.38 bits per heavy atom. The molecule has 1 aromatic carbocycles. The zero-order valence-electron chi connectivity index (χ0n) is 12.2. The molecule has 0 heterocycles. The van der Waals surface area contributed by atoms with E-state index in [9.17, 15) is 14.9 Å². The second kappa shape index (κ2) is 7.06. The Balaban J connectivity index is 2.03. The quantitative estimate of drug-likeness (QED) is 0.569. The number of anilines is 1. The van der Waals surface area contributed by atoms with Crippen molar-refractivity contribution < 1.29 is 9.72 Å². The second-order valence-electron chi connectivity index (χ2n) is 5.40. The van der Waals surface area contributed by atoms with Crippen molar-refractivity contribution in [2.24, 2.45) is 5.92 Å². The number of hydrogen-bond donors (Lipinski definition) is 2. The predicted octanol–water partition coefficient (Wildman–Crippen LogP) is 2.95. The lowest BCUT2D eigenvalue weighted by Crippen LogP contribution is -2.24. The Bertz CT molecular complexity index is 527. The van der Waals surface area contributed by atoms with Crippen molar-refractivity contribution in [1.82, 2.24) is 5.32 Å².